The minimum atomic E-state index is -1.59. The number of hydrogen-bond acceptors (Lipinski definition) is 7. The second kappa shape index (κ2) is 6.88. The molecule has 0 unspecified atom stereocenters. The van der Waals surface area contributed by atoms with Crippen LogP contribution in [-0.4, -0.2) is 40.1 Å². The van der Waals surface area contributed by atoms with Crippen molar-refractivity contribution in [3.63, 3.8) is 0 Å². The molecule has 27 heavy (non-hydrogen) atoms. The highest BCUT2D eigenvalue weighted by Gasteiger charge is 2.36. The van der Waals surface area contributed by atoms with Crippen LogP contribution in [0.2, 0.25) is 5.15 Å². The quantitative estimate of drug-likeness (QED) is 0.728. The normalized spacial score (nSPS) is 12.1. The van der Waals surface area contributed by atoms with Gasteiger partial charge in [-0.15, -0.1) is 0 Å². The number of carboxylic acid groups (broad SMARTS) is 1. The highest BCUT2D eigenvalue weighted by Crippen LogP contribution is 2.44. The van der Waals surface area contributed by atoms with E-state index in [1.165, 1.54) is 7.11 Å². The van der Waals surface area contributed by atoms with Crippen molar-refractivity contribution < 1.29 is 28.7 Å². The number of carbonyl (C=O) groups excluding carboxylic acids is 1. The average Bonchev–Trinajstić information content (AvgIpc) is 2.85. The lowest BCUT2D eigenvalue weighted by Gasteiger charge is -2.25. The Morgan fingerprint density at radius 3 is 2.22 bits per heavy atom. The molecule has 1 N–H and O–H groups in total. The fraction of sp³-hybridized carbons (Fsp3) is 0.529. The summed E-state index contributed by atoms with van der Waals surface area (Å²) in [5, 5.41) is 13.5. The summed E-state index contributed by atoms with van der Waals surface area (Å²) < 4.78 is 15.8. The van der Waals surface area contributed by atoms with E-state index in [1.54, 1.807) is 20.8 Å². The maximum absolute atomic E-state index is 12.4. The summed E-state index contributed by atoms with van der Waals surface area (Å²) in [4.78, 5) is 28.7. The summed E-state index contributed by atoms with van der Waals surface area (Å²) >= 11 is 6.27. The number of hydrogen-bond donors (Lipinski definition) is 1. The van der Waals surface area contributed by atoms with E-state index in [4.69, 9.17) is 25.6 Å². The molecule has 0 aliphatic rings. The van der Waals surface area contributed by atoms with Crippen LogP contribution in [0.1, 0.15) is 47.1 Å². The predicted molar refractivity (Wildman–Crippen MR) is 98.8 cm³/mol. The van der Waals surface area contributed by atoms with Gasteiger partial charge < -0.3 is 19.1 Å². The van der Waals surface area contributed by atoms with Crippen LogP contribution < -0.4 is 9.64 Å². The molecule has 2 aromatic heterocycles. The number of aromatic nitrogens is 2. The van der Waals surface area contributed by atoms with E-state index < -0.39 is 23.2 Å². The van der Waals surface area contributed by atoms with Crippen molar-refractivity contribution in [2.75, 3.05) is 12.0 Å². The van der Waals surface area contributed by atoms with E-state index in [9.17, 15) is 14.7 Å². The highest BCUT2D eigenvalue weighted by atomic mass is 35.5. The first-order chi connectivity index (χ1) is 12.3. The molecule has 0 saturated heterocycles. The van der Waals surface area contributed by atoms with Crippen LogP contribution in [0.15, 0.2) is 4.52 Å². The van der Waals surface area contributed by atoms with Crippen LogP contribution in [0.5, 0.6) is 5.75 Å². The van der Waals surface area contributed by atoms with Crippen molar-refractivity contribution in [1.29, 1.82) is 0 Å². The van der Waals surface area contributed by atoms with E-state index in [0.29, 0.717) is 10.5 Å². The Kier molecular flexibility index (Phi) is 5.29. The number of ether oxygens (including phenoxy) is 2. The Hall–Kier alpha value is -2.55. The second-order valence-corrected chi connectivity index (χ2v) is 8.20. The molecule has 2 rings (SSSR count). The molecule has 0 saturated carbocycles. The zero-order valence-corrected chi connectivity index (χ0v) is 17.0. The zero-order valence-electron chi connectivity index (χ0n) is 16.2. The summed E-state index contributed by atoms with van der Waals surface area (Å²) in [5.74, 6) is -0.0816. The second-order valence-electron chi connectivity index (χ2n) is 7.85. The molecule has 2 amide bonds. The molecular weight excluding hydrogens is 378 g/mol. The SMILES string of the molecule is COc1c(C(C)(C)C)c(Cl)nc2onc(N(C(=O)O)C(=O)OC(C)(C)C)c12. The van der Waals surface area contributed by atoms with Gasteiger partial charge in [0.05, 0.1) is 7.11 Å². The summed E-state index contributed by atoms with van der Waals surface area (Å²) in [6, 6.07) is 0. The molecule has 10 heteroatoms. The lowest BCUT2D eigenvalue weighted by Crippen LogP contribution is -2.40. The minimum Gasteiger partial charge on any atom is -0.495 e. The van der Waals surface area contributed by atoms with Crippen LogP contribution >= 0.6 is 11.6 Å². The van der Waals surface area contributed by atoms with E-state index >= 15 is 0 Å². The minimum absolute atomic E-state index is 0.0605. The number of rotatable bonds is 2. The van der Waals surface area contributed by atoms with Crippen LogP contribution in [-0.2, 0) is 10.2 Å². The van der Waals surface area contributed by atoms with Gasteiger partial charge in [-0.3, -0.25) is 0 Å². The monoisotopic (exact) mass is 399 g/mol. The molecule has 0 aromatic carbocycles. The first-order valence-corrected chi connectivity index (χ1v) is 8.45. The Balaban J connectivity index is 2.78. The number of anilines is 1. The largest absolute Gasteiger partial charge is 0.495 e. The molecule has 0 spiro atoms. The molecule has 2 aromatic rings. The summed E-state index contributed by atoms with van der Waals surface area (Å²) in [7, 11) is 1.40. The van der Waals surface area contributed by atoms with Gasteiger partial charge in [-0.2, -0.15) is 9.88 Å². The van der Waals surface area contributed by atoms with E-state index in [2.05, 4.69) is 10.1 Å². The standard InChI is InChI=1S/C17H22ClN3O6/c1-16(2,3)9-10(25-7)8-12(20-27-13(8)19-11(9)18)21(14(22)23)15(24)26-17(4,5)6/h1-7H3,(H,22,23). The third-order valence-electron chi connectivity index (χ3n) is 3.45. The maximum Gasteiger partial charge on any atom is 0.425 e. The molecule has 9 nitrogen and oxygen atoms in total. The van der Waals surface area contributed by atoms with Crippen LogP contribution in [0.3, 0.4) is 0 Å². The molecule has 0 fully saturated rings. The number of nitrogens with zero attached hydrogens (tertiary/aromatic N) is 3. The number of pyridine rings is 1. The Morgan fingerprint density at radius 1 is 1.19 bits per heavy atom. The fourth-order valence-corrected chi connectivity index (χ4v) is 2.93. The number of fused-ring (bicyclic) bond motifs is 1. The van der Waals surface area contributed by atoms with Crippen LogP contribution in [0.25, 0.3) is 11.1 Å². The third-order valence-corrected chi connectivity index (χ3v) is 3.72. The lowest BCUT2D eigenvalue weighted by atomic mass is 9.87. The van der Waals surface area contributed by atoms with Crippen molar-refractivity contribution in [1.82, 2.24) is 10.1 Å². The Bertz CT molecular complexity index is 895. The summed E-state index contributed by atoms with van der Waals surface area (Å²) in [6.45, 7) is 10.5. The van der Waals surface area contributed by atoms with E-state index in [-0.39, 0.29) is 27.8 Å². The van der Waals surface area contributed by atoms with Crippen molar-refractivity contribution in [3.8, 4) is 5.75 Å². The van der Waals surface area contributed by atoms with Gasteiger partial charge in [0, 0.05) is 5.56 Å². The van der Waals surface area contributed by atoms with E-state index in [0.717, 1.165) is 0 Å². The van der Waals surface area contributed by atoms with Crippen LogP contribution in [0.4, 0.5) is 15.4 Å². The zero-order chi connectivity index (χ0) is 20.7. The first-order valence-electron chi connectivity index (χ1n) is 8.07. The predicted octanol–water partition coefficient (Wildman–Crippen LogP) is 4.60. The smallest absolute Gasteiger partial charge is 0.425 e. The number of halogens is 1. The van der Waals surface area contributed by atoms with Crippen molar-refractivity contribution >= 4 is 40.7 Å². The number of methoxy groups -OCH3 is 1. The molecule has 0 aliphatic heterocycles. The molecule has 0 aliphatic carbocycles. The molecule has 148 valence electrons. The molecule has 0 atom stereocenters. The number of carbonyl (C=O) groups is 2. The van der Waals surface area contributed by atoms with Gasteiger partial charge in [0.1, 0.15) is 21.9 Å². The maximum atomic E-state index is 12.4. The van der Waals surface area contributed by atoms with Gasteiger partial charge in [-0.1, -0.05) is 37.5 Å². The highest BCUT2D eigenvalue weighted by molar-refractivity contribution is 6.31. The molecule has 0 radical (unpaired) electrons. The summed E-state index contributed by atoms with van der Waals surface area (Å²) in [6.07, 6.45) is -2.71. The van der Waals surface area contributed by atoms with Gasteiger partial charge >= 0.3 is 12.2 Å². The Morgan fingerprint density at radius 2 is 1.78 bits per heavy atom. The van der Waals surface area contributed by atoms with Crippen molar-refractivity contribution in [2.24, 2.45) is 0 Å². The summed E-state index contributed by atoms with van der Waals surface area (Å²) in [5.41, 5.74) is -0.933. The van der Waals surface area contributed by atoms with Crippen LogP contribution in [0, 0.1) is 0 Å². The van der Waals surface area contributed by atoms with Gasteiger partial charge in [0.15, 0.2) is 0 Å². The van der Waals surface area contributed by atoms with Gasteiger partial charge in [-0.25, -0.2) is 9.59 Å². The molecule has 2 heterocycles. The number of amides is 2. The number of imide groups is 1. The molecule has 0 bridgehead atoms. The van der Waals surface area contributed by atoms with Crippen molar-refractivity contribution in [2.45, 2.75) is 52.6 Å². The topological polar surface area (TPSA) is 115 Å². The fourth-order valence-electron chi connectivity index (χ4n) is 2.48. The van der Waals surface area contributed by atoms with Gasteiger partial charge in [-0.05, 0) is 26.2 Å². The Labute approximate surface area is 161 Å². The average molecular weight is 400 g/mol. The van der Waals surface area contributed by atoms with E-state index in [1.807, 2.05) is 20.8 Å². The third kappa shape index (κ3) is 4.08. The molecular formula is C17H22ClN3O6. The van der Waals surface area contributed by atoms with Crippen molar-refractivity contribution in [3.05, 3.63) is 10.7 Å². The lowest BCUT2D eigenvalue weighted by molar-refractivity contribution is 0.0580. The first kappa shape index (κ1) is 20.8. The van der Waals surface area contributed by atoms with Gasteiger partial charge in [0.2, 0.25) is 5.82 Å². The van der Waals surface area contributed by atoms with Gasteiger partial charge in [0.25, 0.3) is 5.71 Å².